The van der Waals surface area contributed by atoms with E-state index in [9.17, 15) is 0 Å². The summed E-state index contributed by atoms with van der Waals surface area (Å²) in [4.78, 5) is 15.6. The Hall–Kier alpha value is -2.03. The third-order valence-corrected chi connectivity index (χ3v) is 6.84. The van der Waals surface area contributed by atoms with Gasteiger partial charge < -0.3 is 7.43 Å². The molecule has 0 saturated carbocycles. The van der Waals surface area contributed by atoms with Gasteiger partial charge in [0.2, 0.25) is 0 Å². The summed E-state index contributed by atoms with van der Waals surface area (Å²) < 4.78 is 0. The predicted octanol–water partition coefficient (Wildman–Crippen LogP) is 9.23. The second-order valence-corrected chi connectivity index (χ2v) is 9.95. The monoisotopic (exact) mass is 528 g/mol. The van der Waals surface area contributed by atoms with Gasteiger partial charge in [-0.25, -0.2) is 4.98 Å². The summed E-state index contributed by atoms with van der Waals surface area (Å²) in [6.07, 6.45) is 17.5. The van der Waals surface area contributed by atoms with Crippen molar-refractivity contribution >= 4 is 11.4 Å². The molecule has 2 atom stereocenters. The van der Waals surface area contributed by atoms with Gasteiger partial charge in [-0.05, 0) is 75.7 Å². The summed E-state index contributed by atoms with van der Waals surface area (Å²) in [7, 11) is 0. The molecule has 4 heteroatoms. The van der Waals surface area contributed by atoms with Crippen molar-refractivity contribution in [2.45, 2.75) is 92.9 Å². The Morgan fingerprint density at radius 1 is 0.806 bits per heavy atom. The first-order valence-corrected chi connectivity index (χ1v) is 13.3. The predicted molar refractivity (Wildman–Crippen MR) is 154 cm³/mol. The smallest absolute Gasteiger partial charge is 0.0852 e. The van der Waals surface area contributed by atoms with Gasteiger partial charge in [-0.15, -0.1) is 0 Å². The van der Waals surface area contributed by atoms with E-state index in [0.29, 0.717) is 11.8 Å². The third kappa shape index (κ3) is 8.53. The Labute approximate surface area is 231 Å². The Morgan fingerprint density at radius 2 is 1.22 bits per heavy atom. The minimum atomic E-state index is 0. The number of unbranched alkanes of at least 4 members (excludes halogenated alkanes) is 2. The van der Waals surface area contributed by atoms with Gasteiger partial charge in [0.15, 0.2) is 0 Å². The Kier molecular flexibility index (Phi) is 14.2. The van der Waals surface area contributed by atoms with Crippen LogP contribution in [0.25, 0.3) is 0 Å². The maximum atomic E-state index is 5.23. The molecule has 1 aromatic heterocycles. The number of hydrogen-bond donors (Lipinski definition) is 0. The van der Waals surface area contributed by atoms with Crippen molar-refractivity contribution in [2.75, 3.05) is 0 Å². The molecule has 3 nitrogen and oxygen atoms in total. The van der Waals surface area contributed by atoms with Crippen molar-refractivity contribution in [3.8, 4) is 0 Å². The molecule has 0 amide bonds. The molecule has 0 aromatic carbocycles. The summed E-state index contributed by atoms with van der Waals surface area (Å²) in [6, 6.07) is 6.40. The Morgan fingerprint density at radius 3 is 1.58 bits per heavy atom. The molecule has 0 N–H and O–H groups in total. The standard InChI is InChI=1S/C31H43N3.CH3.Fe/c1-7-9-18-28(33-30-22(3)14-11-15-23(30)4)26-20-13-21-27(32-26)29(19-10-8-2)34-31-24(5)16-12-17-25(31)6;;/h11-14,16,20-21,23,25H,7-10,15,17-19H2,1-6H3;1H3;/q;-1;/t23-,25+;;. The molecule has 0 fully saturated rings. The fourth-order valence-corrected chi connectivity index (χ4v) is 4.68. The molecule has 2 aliphatic rings. The third-order valence-electron chi connectivity index (χ3n) is 6.84. The minimum Gasteiger partial charge on any atom is -0.358 e. The molecule has 3 rings (SSSR count). The van der Waals surface area contributed by atoms with Crippen molar-refractivity contribution in [3.63, 3.8) is 0 Å². The number of rotatable bonds is 10. The molecule has 1 aromatic rings. The fraction of sp³-hybridized carbons (Fsp3) is 0.500. The molecule has 36 heavy (non-hydrogen) atoms. The molecule has 0 bridgehead atoms. The molecule has 198 valence electrons. The number of nitrogens with zero attached hydrogens (tertiary/aromatic N) is 3. The van der Waals surface area contributed by atoms with Gasteiger partial charge in [-0.1, -0.05) is 70.9 Å². The zero-order valence-corrected chi connectivity index (χ0v) is 24.7. The first-order valence-electron chi connectivity index (χ1n) is 13.3. The van der Waals surface area contributed by atoms with Crippen LogP contribution in [0, 0.1) is 19.3 Å². The van der Waals surface area contributed by atoms with Crippen LogP contribution in [0.4, 0.5) is 0 Å². The molecule has 0 aliphatic heterocycles. The number of allylic oxidation sites excluding steroid dienone is 8. The van der Waals surface area contributed by atoms with Gasteiger partial charge in [0.1, 0.15) is 0 Å². The van der Waals surface area contributed by atoms with Crippen molar-refractivity contribution in [1.82, 2.24) is 4.98 Å². The van der Waals surface area contributed by atoms with E-state index in [4.69, 9.17) is 15.0 Å². The number of hydrogen-bond acceptors (Lipinski definition) is 3. The van der Waals surface area contributed by atoms with Crippen molar-refractivity contribution < 1.29 is 17.1 Å². The van der Waals surface area contributed by atoms with E-state index in [0.717, 1.165) is 74.2 Å². The quantitative estimate of drug-likeness (QED) is 0.169. The summed E-state index contributed by atoms with van der Waals surface area (Å²) in [5.74, 6) is 0.893. The summed E-state index contributed by atoms with van der Waals surface area (Å²) in [5, 5.41) is 0. The minimum absolute atomic E-state index is 0. The fourth-order valence-electron chi connectivity index (χ4n) is 4.68. The zero-order chi connectivity index (χ0) is 24.5. The molecular weight excluding hydrogens is 482 g/mol. The van der Waals surface area contributed by atoms with E-state index < -0.39 is 0 Å². The van der Waals surface area contributed by atoms with Crippen LogP contribution in [0.15, 0.2) is 75.0 Å². The zero-order valence-electron chi connectivity index (χ0n) is 23.5. The van der Waals surface area contributed by atoms with E-state index in [1.807, 2.05) is 0 Å². The van der Waals surface area contributed by atoms with E-state index in [1.165, 1.54) is 22.5 Å². The van der Waals surface area contributed by atoms with Gasteiger partial charge in [0.25, 0.3) is 0 Å². The average molecular weight is 529 g/mol. The summed E-state index contributed by atoms with van der Waals surface area (Å²) in [6.45, 7) is 13.4. The van der Waals surface area contributed by atoms with E-state index in [-0.39, 0.29) is 24.5 Å². The SMILES string of the molecule is CCCCC(=NC1=C(C)C=CC[C@H]1C)c1cccc(C(CCCC)=NC2=C(C)C=CC[C@@H]2C)n1.[CH3-].[Fe]. The molecule has 0 unspecified atom stereocenters. The Bertz CT molecular complexity index is 960. The largest absolute Gasteiger partial charge is 0.358 e. The average Bonchev–Trinajstić information content (AvgIpc) is 2.83. The van der Waals surface area contributed by atoms with Crippen LogP contribution in [0.5, 0.6) is 0 Å². The maximum Gasteiger partial charge on any atom is 0.0852 e. The van der Waals surface area contributed by atoms with Gasteiger partial charge in [-0.3, -0.25) is 9.98 Å². The van der Waals surface area contributed by atoms with Gasteiger partial charge >= 0.3 is 0 Å². The molecule has 0 radical (unpaired) electrons. The summed E-state index contributed by atoms with van der Waals surface area (Å²) in [5.41, 5.74) is 9.19. The van der Waals surface area contributed by atoms with Gasteiger partial charge in [-0.2, -0.15) is 0 Å². The molecule has 0 spiro atoms. The number of pyridine rings is 1. The first-order chi connectivity index (χ1) is 16.4. The van der Waals surface area contributed by atoms with Crippen LogP contribution in [-0.2, 0) is 17.1 Å². The van der Waals surface area contributed by atoms with E-state index in [1.54, 1.807) is 0 Å². The molecule has 1 heterocycles. The maximum absolute atomic E-state index is 5.23. The van der Waals surface area contributed by atoms with Crippen LogP contribution in [0.3, 0.4) is 0 Å². The molecule has 2 aliphatic carbocycles. The van der Waals surface area contributed by atoms with Crippen molar-refractivity contribution in [1.29, 1.82) is 0 Å². The van der Waals surface area contributed by atoms with Crippen molar-refractivity contribution in [3.05, 3.63) is 83.9 Å². The second kappa shape index (κ2) is 15.9. The topological polar surface area (TPSA) is 37.6 Å². The van der Waals surface area contributed by atoms with Gasteiger partial charge in [0.05, 0.1) is 22.8 Å². The molecule has 0 saturated heterocycles. The number of aromatic nitrogens is 1. The van der Waals surface area contributed by atoms with Crippen LogP contribution in [-0.4, -0.2) is 16.4 Å². The van der Waals surface area contributed by atoms with Gasteiger partial charge in [0, 0.05) is 40.3 Å². The van der Waals surface area contributed by atoms with Crippen LogP contribution in [0.1, 0.15) is 104 Å². The van der Waals surface area contributed by atoms with Crippen LogP contribution >= 0.6 is 0 Å². The second-order valence-electron chi connectivity index (χ2n) is 9.95. The normalized spacial score (nSPS) is 20.4. The number of aliphatic imine (C=N–C) groups is 2. The van der Waals surface area contributed by atoms with E-state index >= 15 is 0 Å². The van der Waals surface area contributed by atoms with Crippen LogP contribution < -0.4 is 0 Å². The Balaban J connectivity index is 0.00000324. The molecular formula is C32H46FeN3-. The van der Waals surface area contributed by atoms with E-state index in [2.05, 4.69) is 84.0 Å². The first kappa shape index (κ1) is 32.0. The van der Waals surface area contributed by atoms with Crippen molar-refractivity contribution in [2.24, 2.45) is 21.8 Å². The summed E-state index contributed by atoms with van der Waals surface area (Å²) >= 11 is 0. The van der Waals surface area contributed by atoms with Crippen LogP contribution in [0.2, 0.25) is 0 Å².